The van der Waals surface area contributed by atoms with Crippen molar-refractivity contribution < 1.29 is 9.90 Å². The lowest BCUT2D eigenvalue weighted by Crippen LogP contribution is -2.16. The van der Waals surface area contributed by atoms with E-state index in [2.05, 4.69) is 15.5 Å². The number of rotatable bonds is 4. The van der Waals surface area contributed by atoms with E-state index in [-0.39, 0.29) is 5.56 Å². The molecule has 16 heavy (non-hydrogen) atoms. The molecule has 88 valence electrons. The summed E-state index contributed by atoms with van der Waals surface area (Å²) in [6.07, 6.45) is 0. The number of nitrogens with one attached hydrogen (secondary N) is 1. The van der Waals surface area contributed by atoms with E-state index in [9.17, 15) is 4.79 Å². The van der Waals surface area contributed by atoms with Crippen LogP contribution >= 0.6 is 0 Å². The second kappa shape index (κ2) is 4.92. The lowest BCUT2D eigenvalue weighted by atomic mass is 10.1. The SMILES string of the molecule is Cc1nnc(NCC(C)C)c(C(=O)O)c1C. The van der Waals surface area contributed by atoms with Crippen LogP contribution in [-0.4, -0.2) is 27.8 Å². The molecule has 0 fully saturated rings. The summed E-state index contributed by atoms with van der Waals surface area (Å²) in [6.45, 7) is 8.26. The molecule has 0 radical (unpaired) electrons. The number of anilines is 1. The Bertz CT molecular complexity index is 402. The van der Waals surface area contributed by atoms with Gasteiger partial charge in [0.25, 0.3) is 0 Å². The Morgan fingerprint density at radius 2 is 2.00 bits per heavy atom. The maximum Gasteiger partial charge on any atom is 0.339 e. The number of carbonyl (C=O) groups is 1. The molecule has 0 saturated carbocycles. The van der Waals surface area contributed by atoms with E-state index in [1.807, 2.05) is 13.8 Å². The zero-order valence-corrected chi connectivity index (χ0v) is 10.0. The largest absolute Gasteiger partial charge is 0.478 e. The van der Waals surface area contributed by atoms with Crippen molar-refractivity contribution in [3.8, 4) is 0 Å². The fourth-order valence-corrected chi connectivity index (χ4v) is 1.29. The van der Waals surface area contributed by atoms with Gasteiger partial charge in [-0.3, -0.25) is 0 Å². The molecule has 0 aromatic carbocycles. The zero-order chi connectivity index (χ0) is 12.3. The van der Waals surface area contributed by atoms with Crippen LogP contribution in [0.3, 0.4) is 0 Å². The lowest BCUT2D eigenvalue weighted by molar-refractivity contribution is 0.0696. The molecule has 2 N–H and O–H groups in total. The van der Waals surface area contributed by atoms with Gasteiger partial charge < -0.3 is 10.4 Å². The molecule has 0 aliphatic heterocycles. The molecule has 1 aromatic heterocycles. The standard InChI is InChI=1S/C11H17N3O2/c1-6(2)5-12-10-9(11(15)16)7(3)8(4)13-14-10/h6H,5H2,1-4H3,(H,12,14)(H,15,16). The third kappa shape index (κ3) is 2.68. The molecule has 0 unspecified atom stereocenters. The normalized spacial score (nSPS) is 10.6. The summed E-state index contributed by atoms with van der Waals surface area (Å²) in [5, 5.41) is 20.0. The van der Waals surface area contributed by atoms with Crippen LogP contribution in [-0.2, 0) is 0 Å². The molecule has 1 rings (SSSR count). The Labute approximate surface area is 94.9 Å². The number of aromatic nitrogens is 2. The first kappa shape index (κ1) is 12.4. The quantitative estimate of drug-likeness (QED) is 0.814. The molecule has 5 nitrogen and oxygen atoms in total. The summed E-state index contributed by atoms with van der Waals surface area (Å²) < 4.78 is 0. The topological polar surface area (TPSA) is 75.1 Å². The number of carboxylic acids is 1. The van der Waals surface area contributed by atoms with Gasteiger partial charge in [0, 0.05) is 6.54 Å². The Morgan fingerprint density at radius 3 is 2.50 bits per heavy atom. The summed E-state index contributed by atoms with van der Waals surface area (Å²) in [6, 6.07) is 0. The molecule has 0 spiro atoms. The molecule has 5 heteroatoms. The van der Waals surface area contributed by atoms with Crippen molar-refractivity contribution in [2.75, 3.05) is 11.9 Å². The van der Waals surface area contributed by atoms with Crippen molar-refractivity contribution in [1.82, 2.24) is 10.2 Å². The molecular weight excluding hydrogens is 206 g/mol. The second-order valence-electron chi connectivity index (χ2n) is 4.21. The third-order valence-corrected chi connectivity index (χ3v) is 2.35. The van der Waals surface area contributed by atoms with Crippen molar-refractivity contribution in [1.29, 1.82) is 0 Å². The highest BCUT2D eigenvalue weighted by atomic mass is 16.4. The highest BCUT2D eigenvalue weighted by Gasteiger charge is 2.17. The minimum Gasteiger partial charge on any atom is -0.478 e. The van der Waals surface area contributed by atoms with Gasteiger partial charge in [0.1, 0.15) is 5.56 Å². The first-order valence-electron chi connectivity index (χ1n) is 5.24. The number of hydrogen-bond donors (Lipinski definition) is 2. The van der Waals surface area contributed by atoms with E-state index in [0.29, 0.717) is 29.5 Å². The molecular formula is C11H17N3O2. The molecule has 0 aliphatic rings. The van der Waals surface area contributed by atoms with Crippen LogP contribution in [0.1, 0.15) is 35.5 Å². The Morgan fingerprint density at radius 1 is 1.38 bits per heavy atom. The summed E-state index contributed by atoms with van der Waals surface area (Å²) in [5.41, 5.74) is 1.52. The zero-order valence-electron chi connectivity index (χ0n) is 10.0. The summed E-state index contributed by atoms with van der Waals surface area (Å²) in [5.74, 6) is -0.198. The van der Waals surface area contributed by atoms with Crippen molar-refractivity contribution in [2.45, 2.75) is 27.7 Å². The van der Waals surface area contributed by atoms with Gasteiger partial charge in [-0.2, -0.15) is 5.10 Å². The van der Waals surface area contributed by atoms with Crippen molar-refractivity contribution in [3.05, 3.63) is 16.8 Å². The van der Waals surface area contributed by atoms with Gasteiger partial charge in [0.2, 0.25) is 0 Å². The van der Waals surface area contributed by atoms with E-state index in [0.717, 1.165) is 0 Å². The van der Waals surface area contributed by atoms with Gasteiger partial charge in [-0.1, -0.05) is 13.8 Å². The molecule has 0 bridgehead atoms. The Hall–Kier alpha value is -1.65. The molecule has 1 aromatic rings. The van der Waals surface area contributed by atoms with Gasteiger partial charge >= 0.3 is 5.97 Å². The molecule has 0 aliphatic carbocycles. The maximum absolute atomic E-state index is 11.1. The van der Waals surface area contributed by atoms with Crippen molar-refractivity contribution >= 4 is 11.8 Å². The monoisotopic (exact) mass is 223 g/mol. The predicted molar refractivity (Wildman–Crippen MR) is 61.8 cm³/mol. The first-order chi connectivity index (χ1) is 7.43. The van der Waals surface area contributed by atoms with Crippen LogP contribution in [0.25, 0.3) is 0 Å². The maximum atomic E-state index is 11.1. The highest BCUT2D eigenvalue weighted by molar-refractivity contribution is 5.94. The summed E-state index contributed by atoms with van der Waals surface area (Å²) in [7, 11) is 0. The number of aryl methyl sites for hydroxylation is 1. The van der Waals surface area contributed by atoms with Crippen LogP contribution in [0.2, 0.25) is 0 Å². The second-order valence-corrected chi connectivity index (χ2v) is 4.21. The average Bonchev–Trinajstić information content (AvgIpc) is 2.19. The number of aromatic carboxylic acids is 1. The lowest BCUT2D eigenvalue weighted by Gasteiger charge is -2.12. The van der Waals surface area contributed by atoms with E-state index in [1.165, 1.54) is 0 Å². The van der Waals surface area contributed by atoms with E-state index in [1.54, 1.807) is 13.8 Å². The average molecular weight is 223 g/mol. The number of hydrogen-bond acceptors (Lipinski definition) is 4. The minimum atomic E-state index is -0.971. The van der Waals surface area contributed by atoms with Crippen molar-refractivity contribution in [2.24, 2.45) is 5.92 Å². The Kier molecular flexibility index (Phi) is 3.82. The smallest absolute Gasteiger partial charge is 0.339 e. The predicted octanol–water partition coefficient (Wildman–Crippen LogP) is 1.86. The van der Waals surface area contributed by atoms with Gasteiger partial charge in [-0.15, -0.1) is 5.10 Å². The number of nitrogens with zero attached hydrogens (tertiary/aromatic N) is 2. The third-order valence-electron chi connectivity index (χ3n) is 2.35. The van der Waals surface area contributed by atoms with Gasteiger partial charge in [0.05, 0.1) is 5.69 Å². The van der Waals surface area contributed by atoms with E-state index >= 15 is 0 Å². The summed E-state index contributed by atoms with van der Waals surface area (Å²) >= 11 is 0. The fraction of sp³-hybridized carbons (Fsp3) is 0.545. The first-order valence-corrected chi connectivity index (χ1v) is 5.24. The minimum absolute atomic E-state index is 0.216. The van der Waals surface area contributed by atoms with Gasteiger partial charge in [-0.05, 0) is 25.3 Å². The van der Waals surface area contributed by atoms with Crippen LogP contribution < -0.4 is 5.32 Å². The van der Waals surface area contributed by atoms with Gasteiger partial charge in [-0.25, -0.2) is 4.79 Å². The van der Waals surface area contributed by atoms with Crippen LogP contribution in [0.5, 0.6) is 0 Å². The van der Waals surface area contributed by atoms with Crippen molar-refractivity contribution in [3.63, 3.8) is 0 Å². The molecule has 0 saturated heterocycles. The van der Waals surface area contributed by atoms with E-state index in [4.69, 9.17) is 5.11 Å². The van der Waals surface area contributed by atoms with Crippen LogP contribution in [0.15, 0.2) is 0 Å². The van der Waals surface area contributed by atoms with E-state index < -0.39 is 5.97 Å². The molecule has 0 atom stereocenters. The summed E-state index contributed by atoms with van der Waals surface area (Å²) in [4.78, 5) is 11.1. The number of carboxylic acid groups (broad SMARTS) is 1. The van der Waals surface area contributed by atoms with Gasteiger partial charge in [0.15, 0.2) is 5.82 Å². The van der Waals surface area contributed by atoms with Crippen LogP contribution in [0.4, 0.5) is 5.82 Å². The highest BCUT2D eigenvalue weighted by Crippen LogP contribution is 2.18. The fourth-order valence-electron chi connectivity index (χ4n) is 1.29. The molecule has 0 amide bonds. The Balaban J connectivity index is 3.08. The molecule has 1 heterocycles. The van der Waals surface area contributed by atoms with Crippen LogP contribution in [0, 0.1) is 19.8 Å².